The van der Waals surface area contributed by atoms with Gasteiger partial charge in [0, 0.05) is 47.7 Å². The number of allylic oxidation sites excluding steroid dienone is 2. The quantitative estimate of drug-likeness (QED) is 0.00742. The number of hydrogen-bond acceptors (Lipinski definition) is 18. The summed E-state index contributed by atoms with van der Waals surface area (Å²) < 4.78 is 60.8. The van der Waals surface area contributed by atoms with Crippen LogP contribution in [0.4, 0.5) is 0 Å². The standard InChI is InChI=1S/C78H73Cl2N7O14S2/c1-92-42-44-95-51-98-71-63(79)47-62(66(80)72(71)99-52-96-45-43-93-2)70(76(91)100-69(54-22-9-4-10-23-54)55-24-11-5-12-25-55)101-84-103-50-60(81-77(103)83-78(57-27-13-6-14-28-57,58-29-15-7-16-30-58)59-31-17-8-18-32-59)46-64(88)82-67-73(89)87-68(75(90)97-48-53-34-36-61(94-3)37-35-53)56(49-102-74(67)87)26-21-39-86-41-40-85-38-20-19-33-65(85)86/h4-38,40-41,47,50,67,69-70,74H,39,42-46,48-49,51-52H2,1-3H3,(H-,81,82,83,88)/p+1/t67-,70?,74?,103?/m1/s1. The molecule has 530 valence electrons. The number of methoxy groups -OCH3 is 3. The number of fused-ring (bicyclic) bond motifs is 2. The molecule has 2 aromatic heterocycles. The van der Waals surface area contributed by atoms with E-state index in [4.69, 9.17) is 80.2 Å². The lowest BCUT2D eigenvalue weighted by atomic mass is 9.77. The van der Waals surface area contributed by atoms with Gasteiger partial charge in [-0.2, -0.15) is 0 Å². The predicted molar refractivity (Wildman–Crippen MR) is 392 cm³/mol. The van der Waals surface area contributed by atoms with Gasteiger partial charge in [0.15, 0.2) is 36.4 Å². The second-order valence-corrected chi connectivity index (χ2v) is 26.8. The fraction of sp³-hybridized carbons (Fsp3) is 0.231. The van der Waals surface area contributed by atoms with Crippen LogP contribution < -0.4 is 29.2 Å². The first-order valence-corrected chi connectivity index (χ1v) is 36.0. The topological polar surface area (TPSA) is 222 Å². The van der Waals surface area contributed by atoms with E-state index in [-0.39, 0.29) is 96.7 Å². The van der Waals surface area contributed by atoms with Crippen LogP contribution in [-0.2, 0) is 81.8 Å². The molecule has 9 aromatic rings. The van der Waals surface area contributed by atoms with E-state index < -0.39 is 63.6 Å². The van der Waals surface area contributed by atoms with E-state index in [1.54, 1.807) is 43.9 Å². The molecule has 21 nitrogen and oxygen atoms in total. The molecule has 0 aliphatic carbocycles. The molecule has 25 heteroatoms. The Morgan fingerprint density at radius 1 is 0.738 bits per heavy atom. The van der Waals surface area contributed by atoms with Crippen LogP contribution in [0.2, 0.25) is 10.0 Å². The first-order chi connectivity index (χ1) is 50.5. The highest BCUT2D eigenvalue weighted by atomic mass is 35.5. The molecular weight excluding hydrogens is 1390 g/mol. The number of thioether (sulfide) groups is 1. The Kier molecular flexibility index (Phi) is 25.0. The summed E-state index contributed by atoms with van der Waals surface area (Å²) in [6.45, 7) is 0.632. The second kappa shape index (κ2) is 35.3. The molecule has 3 aliphatic heterocycles. The molecule has 0 bridgehead atoms. The number of nitrogens with zero attached hydrogens (tertiary/aromatic N) is 5. The van der Waals surface area contributed by atoms with Crippen molar-refractivity contribution in [3.8, 4) is 17.2 Å². The van der Waals surface area contributed by atoms with Gasteiger partial charge in [-0.3, -0.25) is 14.5 Å². The maximum atomic E-state index is 15.6. The zero-order valence-corrected chi connectivity index (χ0v) is 59.6. The summed E-state index contributed by atoms with van der Waals surface area (Å²) in [5, 5.41) is 7.77. The van der Waals surface area contributed by atoms with Crippen molar-refractivity contribution in [2.45, 2.75) is 48.7 Å². The second-order valence-electron chi connectivity index (χ2n) is 23.5. The molecule has 3 unspecified atom stereocenters. The molecule has 0 radical (unpaired) electrons. The van der Waals surface area contributed by atoms with Crippen LogP contribution in [0.15, 0.2) is 263 Å². The number of aromatic nitrogens is 2. The lowest BCUT2D eigenvalue weighted by Crippen LogP contribution is -2.70. The third kappa shape index (κ3) is 17.3. The van der Waals surface area contributed by atoms with Crippen LogP contribution in [0.1, 0.15) is 57.6 Å². The van der Waals surface area contributed by atoms with Crippen molar-refractivity contribution in [1.29, 1.82) is 0 Å². The molecule has 1 fully saturated rings. The summed E-state index contributed by atoms with van der Waals surface area (Å²) in [6, 6.07) is 61.2. The van der Waals surface area contributed by atoms with Crippen LogP contribution in [-0.4, -0.2) is 117 Å². The monoisotopic (exact) mass is 1470 g/mol. The van der Waals surface area contributed by atoms with Crippen molar-refractivity contribution in [2.24, 2.45) is 9.52 Å². The van der Waals surface area contributed by atoms with Gasteiger partial charge in [-0.15, -0.1) is 11.8 Å². The van der Waals surface area contributed by atoms with Gasteiger partial charge in [0.2, 0.25) is 12.0 Å². The van der Waals surface area contributed by atoms with E-state index in [0.717, 1.165) is 22.3 Å². The summed E-state index contributed by atoms with van der Waals surface area (Å²) in [5.41, 5.74) is 5.07. The zero-order chi connectivity index (χ0) is 71.5. The maximum absolute atomic E-state index is 15.6. The van der Waals surface area contributed by atoms with E-state index >= 15 is 4.79 Å². The van der Waals surface area contributed by atoms with Gasteiger partial charge in [-0.25, -0.2) is 28.4 Å². The molecule has 2 amide bonds. The van der Waals surface area contributed by atoms with Crippen LogP contribution in [0.5, 0.6) is 17.2 Å². The van der Waals surface area contributed by atoms with Crippen molar-refractivity contribution in [3.63, 3.8) is 0 Å². The highest BCUT2D eigenvalue weighted by Crippen LogP contribution is 2.48. The molecule has 103 heavy (non-hydrogen) atoms. The highest BCUT2D eigenvalue weighted by molar-refractivity contribution is 8.05. The fourth-order valence-electron chi connectivity index (χ4n) is 11.9. The average Bonchev–Trinajstić information content (AvgIpc) is 0.879. The lowest BCUT2D eigenvalue weighted by Gasteiger charge is -2.49. The normalized spacial score (nSPS) is 16.1. The Hall–Kier alpha value is -9.92. The van der Waals surface area contributed by atoms with Crippen molar-refractivity contribution in [2.75, 3.05) is 67.1 Å². The Bertz CT molecular complexity index is 4460. The van der Waals surface area contributed by atoms with Crippen LogP contribution in [0, 0.1) is 0 Å². The number of halogens is 2. The number of carbonyl (C=O) groups is 4. The van der Waals surface area contributed by atoms with Gasteiger partial charge in [0.1, 0.15) is 53.9 Å². The molecular formula is C78H74Cl2N7O14S2+. The number of amidine groups is 1. The van der Waals surface area contributed by atoms with Crippen molar-refractivity contribution in [3.05, 3.63) is 302 Å². The number of amides is 2. The summed E-state index contributed by atoms with van der Waals surface area (Å²) in [4.78, 5) is 72.8. The third-order valence-electron chi connectivity index (χ3n) is 16.9. The average molecular weight is 1470 g/mol. The van der Waals surface area contributed by atoms with Crippen LogP contribution in [0.3, 0.4) is 0 Å². The number of hydrogen-bond donors (Lipinski definition) is 2. The number of pyridine rings is 1. The SMILES string of the molecule is COCCOCOc1c(Cl)cc(C(ON=S2C=C(CC(=O)N[C@@H]3C(=O)N4C(C(=O)OCc5ccc(OC)cc5)=C(C=CCn5cc[n+]6ccccc56)CSC34)N=C2NC(c2ccccc2)(c2ccccc2)c2ccccc2)C(=O)OC(c2ccccc2)c2ccccc2)c(Cl)c1OCOCCOC. The number of β-lactam (4-membered cyclic amide) rings is 1. The summed E-state index contributed by atoms with van der Waals surface area (Å²) in [5.74, 6) is -1.90. The van der Waals surface area contributed by atoms with E-state index in [1.807, 2.05) is 205 Å². The van der Waals surface area contributed by atoms with Gasteiger partial charge in [0.25, 0.3) is 11.6 Å². The van der Waals surface area contributed by atoms with Crippen molar-refractivity contribution < 1.29 is 71.0 Å². The molecule has 12 rings (SSSR count). The number of nitrogens with one attached hydrogen (secondary N) is 2. The van der Waals surface area contributed by atoms with Gasteiger partial charge < -0.3 is 53.3 Å². The molecule has 2 N–H and O–H groups in total. The molecule has 7 aromatic carbocycles. The number of carbonyl (C=O) groups excluding carboxylic acids is 4. The molecule has 4 atom stereocenters. The van der Waals surface area contributed by atoms with Crippen molar-refractivity contribution in [1.82, 2.24) is 20.1 Å². The van der Waals surface area contributed by atoms with Gasteiger partial charge in [-0.1, -0.05) is 204 Å². The maximum Gasteiger partial charge on any atom is 0.355 e. The molecule has 0 saturated carbocycles. The van der Waals surface area contributed by atoms with Gasteiger partial charge in [0.05, 0.1) is 61.9 Å². The number of aliphatic imine (C=N–C) groups is 1. The van der Waals surface area contributed by atoms with E-state index in [0.29, 0.717) is 40.3 Å². The lowest BCUT2D eigenvalue weighted by molar-refractivity contribution is -0.510. The number of benzene rings is 7. The number of rotatable bonds is 33. The van der Waals surface area contributed by atoms with E-state index in [1.165, 1.54) is 29.8 Å². The van der Waals surface area contributed by atoms with Gasteiger partial charge in [-0.05, 0) is 69.3 Å². The summed E-state index contributed by atoms with van der Waals surface area (Å²) >= 11 is 16.0. The highest BCUT2D eigenvalue weighted by Gasteiger charge is 2.54. The van der Waals surface area contributed by atoms with Crippen LogP contribution >= 0.6 is 35.0 Å². The minimum Gasteiger partial charge on any atom is -0.497 e. The van der Waals surface area contributed by atoms with Crippen molar-refractivity contribution >= 4 is 80.2 Å². The first kappa shape index (κ1) is 72.9. The minimum atomic E-state index is -1.81. The van der Waals surface area contributed by atoms with E-state index in [2.05, 4.69) is 15.2 Å². The largest absolute Gasteiger partial charge is 0.497 e. The van der Waals surface area contributed by atoms with E-state index in [9.17, 15) is 14.4 Å². The fourth-order valence-corrected chi connectivity index (χ4v) is 15.0. The number of ether oxygens (including phenoxy) is 9. The smallest absolute Gasteiger partial charge is 0.355 e. The molecule has 0 spiro atoms. The Labute approximate surface area is 612 Å². The predicted octanol–water partition coefficient (Wildman–Crippen LogP) is 12.5. The van der Waals surface area contributed by atoms with Gasteiger partial charge >= 0.3 is 11.9 Å². The Morgan fingerprint density at radius 2 is 1.33 bits per heavy atom. The minimum absolute atomic E-state index is 0.0342. The first-order valence-electron chi connectivity index (χ1n) is 32.9. The number of imidazole rings is 1. The Balaban J connectivity index is 0.904. The zero-order valence-electron chi connectivity index (χ0n) is 56.4. The molecule has 1 saturated heterocycles. The summed E-state index contributed by atoms with van der Waals surface area (Å²) in [7, 11) is 3.02. The molecule has 5 heterocycles. The Morgan fingerprint density at radius 3 is 1.93 bits per heavy atom. The molecule has 3 aliphatic rings. The number of esters is 2. The summed E-state index contributed by atoms with van der Waals surface area (Å²) in [6.07, 6.45) is 6.52. The van der Waals surface area contributed by atoms with Crippen LogP contribution in [0.25, 0.3) is 5.65 Å². The third-order valence-corrected chi connectivity index (χ3v) is 20.2.